The summed E-state index contributed by atoms with van der Waals surface area (Å²) in [6, 6.07) is 0.138. The number of methoxy groups -OCH3 is 1. The molecule has 0 spiro atoms. The van der Waals surface area contributed by atoms with E-state index < -0.39 is 11.9 Å². The molecule has 0 radical (unpaired) electrons. The first-order valence-corrected chi connectivity index (χ1v) is 12.9. The van der Waals surface area contributed by atoms with Crippen molar-refractivity contribution in [3.63, 3.8) is 0 Å². The number of carbonyl (C=O) groups is 2. The second-order valence-corrected chi connectivity index (χ2v) is 11.4. The number of nitrogens with one attached hydrogen (secondary N) is 1. The summed E-state index contributed by atoms with van der Waals surface area (Å²) in [4.78, 5) is 25.1. The molecule has 184 valence electrons. The highest BCUT2D eigenvalue weighted by Crippen LogP contribution is 2.43. The lowest BCUT2D eigenvalue weighted by Crippen LogP contribution is -2.47. The average Bonchev–Trinajstić information content (AvgIpc) is 2.78. The molecule has 3 aliphatic carbocycles. The lowest BCUT2D eigenvalue weighted by atomic mass is 9.66. The summed E-state index contributed by atoms with van der Waals surface area (Å²) < 4.78 is 11.4. The fourth-order valence-electron chi connectivity index (χ4n) is 6.28. The standard InChI is InChI=1S/C26H45NO5/c1-26(2,16-31-3)17-32-21-12-10-20(11-13-21)27-24(28)23-15-19(9-14-22(23)25(29)30)18-7-5-4-6-8-18/h18-23H,4-17H2,1-3H3,(H,27,28)(H,29,30). The number of hydrogen-bond acceptors (Lipinski definition) is 4. The summed E-state index contributed by atoms with van der Waals surface area (Å²) in [7, 11) is 1.72. The van der Waals surface area contributed by atoms with Crippen molar-refractivity contribution in [2.24, 2.45) is 29.1 Å². The zero-order valence-corrected chi connectivity index (χ0v) is 20.4. The molecular weight excluding hydrogens is 406 g/mol. The van der Waals surface area contributed by atoms with Gasteiger partial charge in [-0.25, -0.2) is 0 Å². The third-order valence-corrected chi connectivity index (χ3v) is 8.13. The van der Waals surface area contributed by atoms with E-state index >= 15 is 0 Å². The van der Waals surface area contributed by atoms with Crippen LogP contribution in [-0.4, -0.2) is 49.5 Å². The van der Waals surface area contributed by atoms with Gasteiger partial charge < -0.3 is 19.9 Å². The van der Waals surface area contributed by atoms with Crippen molar-refractivity contribution < 1.29 is 24.2 Å². The Labute approximate surface area is 194 Å². The Kier molecular flexibility index (Phi) is 9.42. The average molecular weight is 452 g/mol. The van der Waals surface area contributed by atoms with Crippen LogP contribution >= 0.6 is 0 Å². The van der Waals surface area contributed by atoms with Gasteiger partial charge in [0.15, 0.2) is 0 Å². The van der Waals surface area contributed by atoms with E-state index in [1.54, 1.807) is 7.11 Å². The molecule has 3 fully saturated rings. The summed E-state index contributed by atoms with van der Waals surface area (Å²) in [5, 5.41) is 13.0. The van der Waals surface area contributed by atoms with Crippen LogP contribution in [0.5, 0.6) is 0 Å². The number of rotatable bonds is 9. The maximum atomic E-state index is 13.2. The Morgan fingerprint density at radius 2 is 1.56 bits per heavy atom. The predicted octanol–water partition coefficient (Wildman–Crippen LogP) is 4.80. The van der Waals surface area contributed by atoms with Crippen molar-refractivity contribution in [1.29, 1.82) is 0 Å². The van der Waals surface area contributed by atoms with Crippen LogP contribution in [0.4, 0.5) is 0 Å². The highest BCUT2D eigenvalue weighted by molar-refractivity contribution is 5.85. The van der Waals surface area contributed by atoms with Gasteiger partial charge in [0.05, 0.1) is 31.2 Å². The monoisotopic (exact) mass is 451 g/mol. The van der Waals surface area contributed by atoms with Crippen LogP contribution in [0.2, 0.25) is 0 Å². The molecule has 0 aromatic carbocycles. The zero-order chi connectivity index (χ0) is 23.1. The molecule has 3 rings (SSSR count). The van der Waals surface area contributed by atoms with Gasteiger partial charge in [-0.1, -0.05) is 46.0 Å². The van der Waals surface area contributed by atoms with E-state index in [2.05, 4.69) is 19.2 Å². The van der Waals surface area contributed by atoms with Crippen LogP contribution < -0.4 is 5.32 Å². The highest BCUT2D eigenvalue weighted by atomic mass is 16.5. The van der Waals surface area contributed by atoms with Gasteiger partial charge in [-0.05, 0) is 56.8 Å². The van der Waals surface area contributed by atoms with E-state index in [1.807, 2.05) is 0 Å². The quantitative estimate of drug-likeness (QED) is 0.526. The van der Waals surface area contributed by atoms with E-state index in [0.29, 0.717) is 31.5 Å². The van der Waals surface area contributed by atoms with Crippen molar-refractivity contribution in [3.05, 3.63) is 0 Å². The summed E-state index contributed by atoms with van der Waals surface area (Å²) in [5.41, 5.74) is 0.00150. The molecule has 3 atom stereocenters. The first-order chi connectivity index (χ1) is 15.3. The van der Waals surface area contributed by atoms with Gasteiger partial charge in [0.2, 0.25) is 5.91 Å². The number of carbonyl (C=O) groups excluding carboxylic acids is 1. The van der Waals surface area contributed by atoms with Gasteiger partial charge in [0.25, 0.3) is 0 Å². The van der Waals surface area contributed by atoms with E-state index in [4.69, 9.17) is 9.47 Å². The topological polar surface area (TPSA) is 84.9 Å². The lowest BCUT2D eigenvalue weighted by molar-refractivity contribution is -0.150. The second-order valence-electron chi connectivity index (χ2n) is 11.4. The lowest BCUT2D eigenvalue weighted by Gasteiger charge is -2.39. The molecule has 0 aromatic rings. The summed E-state index contributed by atoms with van der Waals surface area (Å²) in [5.74, 6) is -0.536. The number of aliphatic carboxylic acids is 1. The Hall–Kier alpha value is -1.14. The molecule has 3 aliphatic rings. The smallest absolute Gasteiger partial charge is 0.307 e. The van der Waals surface area contributed by atoms with Gasteiger partial charge in [-0.2, -0.15) is 0 Å². The van der Waals surface area contributed by atoms with Crippen molar-refractivity contribution >= 4 is 11.9 Å². The SMILES string of the molecule is COCC(C)(C)COC1CCC(NC(=O)C2CC(C3CCCCC3)CCC2C(=O)O)CC1. The highest BCUT2D eigenvalue weighted by Gasteiger charge is 2.42. The second kappa shape index (κ2) is 11.8. The maximum Gasteiger partial charge on any atom is 0.307 e. The van der Waals surface area contributed by atoms with Crippen molar-refractivity contribution in [3.8, 4) is 0 Å². The van der Waals surface area contributed by atoms with Crippen LogP contribution in [-0.2, 0) is 19.1 Å². The number of amides is 1. The molecule has 0 aliphatic heterocycles. The number of ether oxygens (including phenoxy) is 2. The van der Waals surface area contributed by atoms with Crippen LogP contribution in [0, 0.1) is 29.1 Å². The van der Waals surface area contributed by atoms with E-state index in [9.17, 15) is 14.7 Å². The first-order valence-electron chi connectivity index (χ1n) is 12.9. The largest absolute Gasteiger partial charge is 0.481 e. The Morgan fingerprint density at radius 1 is 0.875 bits per heavy atom. The van der Waals surface area contributed by atoms with Gasteiger partial charge in [0.1, 0.15) is 0 Å². The molecule has 0 bridgehead atoms. The molecule has 6 heteroatoms. The molecule has 2 N–H and O–H groups in total. The van der Waals surface area contributed by atoms with Crippen LogP contribution in [0.25, 0.3) is 0 Å². The zero-order valence-electron chi connectivity index (χ0n) is 20.4. The molecule has 3 unspecified atom stereocenters. The minimum absolute atomic E-state index is 0.00150. The predicted molar refractivity (Wildman–Crippen MR) is 124 cm³/mol. The van der Waals surface area contributed by atoms with E-state index in [-0.39, 0.29) is 29.4 Å². The number of hydrogen-bond donors (Lipinski definition) is 2. The molecule has 6 nitrogen and oxygen atoms in total. The van der Waals surface area contributed by atoms with Crippen LogP contribution in [0.3, 0.4) is 0 Å². The maximum absolute atomic E-state index is 13.2. The first kappa shape index (κ1) is 25.5. The Morgan fingerprint density at radius 3 is 2.19 bits per heavy atom. The summed E-state index contributed by atoms with van der Waals surface area (Å²) in [6.45, 7) is 5.64. The van der Waals surface area contributed by atoms with E-state index in [1.165, 1.54) is 32.1 Å². The molecule has 0 aromatic heterocycles. The van der Waals surface area contributed by atoms with Crippen molar-refractivity contribution in [2.45, 2.75) is 103 Å². The van der Waals surface area contributed by atoms with Crippen LogP contribution in [0.1, 0.15) is 90.9 Å². The molecular formula is C26H45NO5. The van der Waals surface area contributed by atoms with E-state index in [0.717, 1.165) is 38.5 Å². The summed E-state index contributed by atoms with van der Waals surface area (Å²) >= 11 is 0. The molecule has 32 heavy (non-hydrogen) atoms. The minimum atomic E-state index is -0.803. The Bertz CT molecular complexity index is 607. The third kappa shape index (κ3) is 7.18. The van der Waals surface area contributed by atoms with Gasteiger partial charge >= 0.3 is 5.97 Å². The van der Waals surface area contributed by atoms with Gasteiger partial charge in [-0.15, -0.1) is 0 Å². The number of carboxylic acid groups (broad SMARTS) is 1. The molecule has 3 saturated carbocycles. The molecule has 0 heterocycles. The fourth-order valence-corrected chi connectivity index (χ4v) is 6.28. The Balaban J connectivity index is 1.48. The van der Waals surface area contributed by atoms with Gasteiger partial charge in [-0.3, -0.25) is 9.59 Å². The number of carboxylic acids is 1. The van der Waals surface area contributed by atoms with Crippen LogP contribution in [0.15, 0.2) is 0 Å². The summed E-state index contributed by atoms with van der Waals surface area (Å²) in [6.07, 6.45) is 12.7. The van der Waals surface area contributed by atoms with Gasteiger partial charge in [0, 0.05) is 18.6 Å². The molecule has 1 amide bonds. The normalized spacial score (nSPS) is 32.4. The third-order valence-electron chi connectivity index (χ3n) is 8.13. The minimum Gasteiger partial charge on any atom is -0.481 e. The van der Waals surface area contributed by atoms with Crippen molar-refractivity contribution in [1.82, 2.24) is 5.32 Å². The van der Waals surface area contributed by atoms with Crippen molar-refractivity contribution in [2.75, 3.05) is 20.3 Å². The fraction of sp³-hybridized carbons (Fsp3) is 0.923. The molecule has 0 saturated heterocycles.